The molecule has 0 aliphatic carbocycles. The second-order valence-electron chi connectivity index (χ2n) is 5.97. The lowest BCUT2D eigenvalue weighted by atomic mass is 9.93. The Bertz CT molecular complexity index is 802. The molecule has 5 heteroatoms. The molecular formula is C20H22IN3O. The number of amides is 1. The molecule has 4 nitrogen and oxygen atoms in total. The van der Waals surface area contributed by atoms with Crippen LogP contribution < -0.4 is 33.9 Å². The highest BCUT2D eigenvalue weighted by Gasteiger charge is 2.30. The molecule has 0 fully saturated rings. The van der Waals surface area contributed by atoms with Gasteiger partial charge in [-0.1, -0.05) is 60.7 Å². The van der Waals surface area contributed by atoms with Gasteiger partial charge in [0.25, 0.3) is 0 Å². The van der Waals surface area contributed by atoms with Crippen molar-refractivity contribution in [3.05, 3.63) is 90.5 Å². The van der Waals surface area contributed by atoms with Gasteiger partial charge in [-0.2, -0.15) is 0 Å². The molecule has 0 aliphatic rings. The zero-order valence-electron chi connectivity index (χ0n) is 14.3. The Hall–Kier alpha value is -2.15. The average Bonchev–Trinajstić information content (AvgIpc) is 3.02. The molecule has 0 aliphatic heterocycles. The molecule has 1 aromatic heterocycles. The van der Waals surface area contributed by atoms with Gasteiger partial charge >= 0.3 is 0 Å². The van der Waals surface area contributed by atoms with Gasteiger partial charge in [0.2, 0.25) is 12.2 Å². The van der Waals surface area contributed by atoms with Gasteiger partial charge in [0.05, 0.1) is 13.1 Å². The summed E-state index contributed by atoms with van der Waals surface area (Å²) < 4.78 is 4.15. The molecule has 2 aromatic carbocycles. The second kappa shape index (κ2) is 8.80. The summed E-state index contributed by atoms with van der Waals surface area (Å²) in [6.45, 7) is 1.56. The van der Waals surface area contributed by atoms with Crippen molar-refractivity contribution in [2.24, 2.45) is 7.05 Å². The van der Waals surface area contributed by atoms with Crippen molar-refractivity contribution in [1.29, 1.82) is 0 Å². The lowest BCUT2D eigenvalue weighted by Crippen LogP contribution is -3.00. The van der Waals surface area contributed by atoms with Gasteiger partial charge in [0, 0.05) is 6.92 Å². The fraction of sp³-hybridized carbons (Fsp3) is 0.200. The predicted molar refractivity (Wildman–Crippen MR) is 93.2 cm³/mol. The fourth-order valence-corrected chi connectivity index (χ4v) is 3.04. The highest BCUT2D eigenvalue weighted by atomic mass is 127. The van der Waals surface area contributed by atoms with Crippen LogP contribution in [-0.4, -0.2) is 10.5 Å². The third-order valence-corrected chi connectivity index (χ3v) is 4.08. The topological polar surface area (TPSA) is 37.9 Å². The molecule has 130 valence electrons. The minimum absolute atomic E-state index is 0. The van der Waals surface area contributed by atoms with Gasteiger partial charge in [-0.05, 0) is 11.1 Å². The first kappa shape index (κ1) is 19.2. The van der Waals surface area contributed by atoms with E-state index in [0.717, 1.165) is 11.1 Å². The van der Waals surface area contributed by atoms with Gasteiger partial charge in [-0.3, -0.25) is 4.79 Å². The Morgan fingerprint density at radius 3 is 2.04 bits per heavy atom. The molecule has 25 heavy (non-hydrogen) atoms. The van der Waals surface area contributed by atoms with Gasteiger partial charge in [-0.15, -0.1) is 0 Å². The van der Waals surface area contributed by atoms with Crippen LogP contribution in [0.25, 0.3) is 0 Å². The number of aromatic nitrogens is 2. The largest absolute Gasteiger partial charge is 1.00 e. The van der Waals surface area contributed by atoms with E-state index in [2.05, 4.69) is 34.1 Å². The highest BCUT2D eigenvalue weighted by Crippen LogP contribution is 2.28. The quantitative estimate of drug-likeness (QED) is 0.427. The number of aryl methyl sites for hydroxylation is 1. The Balaban J connectivity index is 0.00000225. The van der Waals surface area contributed by atoms with E-state index in [1.807, 2.05) is 66.7 Å². The van der Waals surface area contributed by atoms with Crippen molar-refractivity contribution < 1.29 is 33.3 Å². The van der Waals surface area contributed by atoms with E-state index < -0.39 is 0 Å². The molecular weight excluding hydrogens is 425 g/mol. The number of hydrogen-bond acceptors (Lipinski definition) is 1. The van der Waals surface area contributed by atoms with E-state index in [1.165, 1.54) is 0 Å². The average molecular weight is 447 g/mol. The summed E-state index contributed by atoms with van der Waals surface area (Å²) >= 11 is 0. The second-order valence-corrected chi connectivity index (χ2v) is 5.97. The third-order valence-electron chi connectivity index (χ3n) is 4.08. The molecule has 0 radical (unpaired) electrons. The van der Waals surface area contributed by atoms with Crippen LogP contribution in [0.15, 0.2) is 79.4 Å². The lowest BCUT2D eigenvalue weighted by Gasteiger charge is -2.26. The molecule has 2 atom stereocenters. The highest BCUT2D eigenvalue weighted by molar-refractivity contribution is 5.73. The first-order valence-corrected chi connectivity index (χ1v) is 8.05. The van der Waals surface area contributed by atoms with Crippen molar-refractivity contribution in [2.45, 2.75) is 19.0 Å². The van der Waals surface area contributed by atoms with Crippen molar-refractivity contribution in [1.82, 2.24) is 9.88 Å². The molecule has 0 saturated carbocycles. The molecule has 0 saturated heterocycles. The summed E-state index contributed by atoms with van der Waals surface area (Å²) in [5, 5.41) is 3.13. The summed E-state index contributed by atoms with van der Waals surface area (Å²) in [6, 6.07) is 20.2. The van der Waals surface area contributed by atoms with Crippen LogP contribution >= 0.6 is 0 Å². The van der Waals surface area contributed by atoms with Crippen LogP contribution in [0.5, 0.6) is 0 Å². The van der Waals surface area contributed by atoms with Crippen LogP contribution in [0, 0.1) is 0 Å². The molecule has 1 N–H and O–H groups in total. The van der Waals surface area contributed by atoms with Crippen LogP contribution in [0.2, 0.25) is 0 Å². The van der Waals surface area contributed by atoms with Crippen molar-refractivity contribution in [3.63, 3.8) is 0 Å². The van der Waals surface area contributed by atoms with E-state index in [0.29, 0.717) is 0 Å². The summed E-state index contributed by atoms with van der Waals surface area (Å²) in [5.74, 6) is -0.0404. The number of carbonyl (C=O) groups is 1. The van der Waals surface area contributed by atoms with E-state index in [-0.39, 0.29) is 42.0 Å². The van der Waals surface area contributed by atoms with E-state index in [4.69, 9.17) is 0 Å². The molecule has 1 amide bonds. The minimum atomic E-state index is -0.154. The standard InChI is InChI=1S/C20H21N3O.HI/c1-16(24)21-19(17-9-5-3-6-10-17)20(18-11-7-4-8-12-18)23-14-13-22(2)15-23;/h3-15,19-20H,1-2H3;1H/t19-,20-;/m1./s1. The van der Waals surface area contributed by atoms with Crippen LogP contribution in [-0.2, 0) is 11.8 Å². The van der Waals surface area contributed by atoms with Crippen LogP contribution in [0.3, 0.4) is 0 Å². The molecule has 0 bridgehead atoms. The number of hydrogen-bond donors (Lipinski definition) is 1. The SMILES string of the molecule is CC(=O)N[C@H](c1ccccc1)[C@@H](c1ccccc1)[n+]1ccn(C)c1.[I-]. The Morgan fingerprint density at radius 1 is 1.00 bits per heavy atom. The lowest BCUT2D eigenvalue weighted by molar-refractivity contribution is -0.717. The van der Waals surface area contributed by atoms with Crippen molar-refractivity contribution in [3.8, 4) is 0 Å². The third kappa shape index (κ3) is 4.69. The maximum absolute atomic E-state index is 11.9. The fourth-order valence-electron chi connectivity index (χ4n) is 3.04. The normalized spacial score (nSPS) is 12.7. The summed E-state index contributed by atoms with van der Waals surface area (Å²) in [4.78, 5) is 11.9. The number of nitrogens with zero attached hydrogens (tertiary/aromatic N) is 2. The van der Waals surface area contributed by atoms with Gasteiger partial charge in [-0.25, -0.2) is 9.13 Å². The van der Waals surface area contributed by atoms with Gasteiger partial charge < -0.3 is 29.3 Å². The van der Waals surface area contributed by atoms with Crippen molar-refractivity contribution >= 4 is 5.91 Å². The number of imidazole rings is 1. The summed E-state index contributed by atoms with van der Waals surface area (Å²) in [5.41, 5.74) is 2.23. The first-order valence-electron chi connectivity index (χ1n) is 8.05. The number of halogens is 1. The molecule has 0 unspecified atom stereocenters. The molecule has 0 spiro atoms. The Kier molecular flexibility index (Phi) is 6.75. The first-order chi connectivity index (χ1) is 11.6. The van der Waals surface area contributed by atoms with Crippen LogP contribution in [0.4, 0.5) is 0 Å². The maximum Gasteiger partial charge on any atom is 0.244 e. The zero-order valence-corrected chi connectivity index (χ0v) is 16.5. The maximum atomic E-state index is 11.9. The van der Waals surface area contributed by atoms with E-state index >= 15 is 0 Å². The van der Waals surface area contributed by atoms with E-state index in [1.54, 1.807) is 6.92 Å². The molecule has 3 aromatic rings. The predicted octanol–water partition coefficient (Wildman–Crippen LogP) is -0.217. The monoisotopic (exact) mass is 447 g/mol. The van der Waals surface area contributed by atoms with Gasteiger partial charge in [0.15, 0.2) is 6.04 Å². The van der Waals surface area contributed by atoms with Crippen LogP contribution in [0.1, 0.15) is 30.1 Å². The molecule has 3 rings (SSSR count). The number of benzene rings is 2. The summed E-state index contributed by atoms with van der Waals surface area (Å²) in [7, 11) is 1.99. The number of rotatable bonds is 5. The summed E-state index contributed by atoms with van der Waals surface area (Å²) in [6.07, 6.45) is 6.08. The van der Waals surface area contributed by atoms with E-state index in [9.17, 15) is 4.79 Å². The Labute approximate surface area is 165 Å². The molecule has 1 heterocycles. The smallest absolute Gasteiger partial charge is 0.244 e. The Morgan fingerprint density at radius 2 is 1.56 bits per heavy atom. The van der Waals surface area contributed by atoms with Crippen molar-refractivity contribution in [2.75, 3.05) is 0 Å². The minimum Gasteiger partial charge on any atom is -1.00 e. The number of carbonyl (C=O) groups excluding carboxylic acids is 1. The van der Waals surface area contributed by atoms with Gasteiger partial charge in [0.1, 0.15) is 12.4 Å². The zero-order chi connectivity index (χ0) is 16.9. The number of nitrogens with one attached hydrogen (secondary N) is 1.